The summed E-state index contributed by atoms with van der Waals surface area (Å²) < 4.78 is 5.23. The molecular formula is C21H25N3O4S. The van der Waals surface area contributed by atoms with Crippen molar-refractivity contribution < 1.29 is 19.1 Å². The minimum atomic E-state index is -0.445. The fourth-order valence-electron chi connectivity index (χ4n) is 3.27. The zero-order valence-corrected chi connectivity index (χ0v) is 17.9. The van der Waals surface area contributed by atoms with E-state index in [1.54, 1.807) is 24.0 Å². The minimum absolute atomic E-state index is 0.00620. The van der Waals surface area contributed by atoms with Gasteiger partial charge in [0.15, 0.2) is 0 Å². The molecule has 1 aliphatic rings. The number of anilines is 2. The molecule has 2 aromatic rings. The first-order valence-corrected chi connectivity index (χ1v) is 10.3. The second-order valence-electron chi connectivity index (χ2n) is 7.01. The molecule has 154 valence electrons. The fraction of sp³-hybridized carbons (Fsp3) is 0.381. The third kappa shape index (κ3) is 4.42. The summed E-state index contributed by atoms with van der Waals surface area (Å²) in [4.78, 5) is 41.7. The Morgan fingerprint density at radius 2 is 1.90 bits per heavy atom. The number of amides is 2. The van der Waals surface area contributed by atoms with Crippen molar-refractivity contribution in [1.29, 1.82) is 0 Å². The normalized spacial score (nSPS) is 12.9. The summed E-state index contributed by atoms with van der Waals surface area (Å²) in [5.74, 6) is -0.740. The van der Waals surface area contributed by atoms with Crippen molar-refractivity contribution in [3.63, 3.8) is 0 Å². The molecule has 0 aliphatic carbocycles. The SMILES string of the molecule is CCOC(=O)c1c(NC(=O)c2ccc(N(C)C)cc2)sc2c1CCN(C(C)=O)C2. The molecule has 2 amide bonds. The molecule has 7 nitrogen and oxygen atoms in total. The number of ether oxygens (including phenoxy) is 1. The van der Waals surface area contributed by atoms with Crippen LogP contribution < -0.4 is 10.2 Å². The lowest BCUT2D eigenvalue weighted by Crippen LogP contribution is -2.34. The number of nitrogens with one attached hydrogen (secondary N) is 1. The maximum absolute atomic E-state index is 12.8. The monoisotopic (exact) mass is 415 g/mol. The van der Waals surface area contributed by atoms with Gasteiger partial charge in [-0.15, -0.1) is 11.3 Å². The van der Waals surface area contributed by atoms with Crippen LogP contribution in [-0.2, 0) is 22.5 Å². The fourth-order valence-corrected chi connectivity index (χ4v) is 4.51. The number of hydrogen-bond acceptors (Lipinski definition) is 6. The van der Waals surface area contributed by atoms with Gasteiger partial charge >= 0.3 is 5.97 Å². The minimum Gasteiger partial charge on any atom is -0.462 e. The van der Waals surface area contributed by atoms with Gasteiger partial charge in [0.05, 0.1) is 18.7 Å². The summed E-state index contributed by atoms with van der Waals surface area (Å²) in [6.45, 7) is 4.52. The number of benzene rings is 1. The third-order valence-corrected chi connectivity index (χ3v) is 5.99. The maximum Gasteiger partial charge on any atom is 0.341 e. The maximum atomic E-state index is 12.8. The Labute approximate surface area is 174 Å². The van der Waals surface area contributed by atoms with Gasteiger partial charge in [0.1, 0.15) is 5.00 Å². The molecule has 1 aromatic heterocycles. The molecule has 0 radical (unpaired) electrons. The first-order valence-electron chi connectivity index (χ1n) is 9.47. The molecule has 0 atom stereocenters. The molecule has 0 saturated carbocycles. The molecule has 3 rings (SSSR count). The Bertz CT molecular complexity index is 934. The summed E-state index contributed by atoms with van der Waals surface area (Å²) in [6.07, 6.45) is 0.562. The molecule has 2 heterocycles. The van der Waals surface area contributed by atoms with Gasteiger partial charge in [-0.25, -0.2) is 4.79 Å². The lowest BCUT2D eigenvalue weighted by Gasteiger charge is -2.25. The van der Waals surface area contributed by atoms with E-state index in [4.69, 9.17) is 4.74 Å². The zero-order valence-electron chi connectivity index (χ0n) is 17.1. The van der Waals surface area contributed by atoms with E-state index in [-0.39, 0.29) is 18.4 Å². The number of carbonyl (C=O) groups excluding carboxylic acids is 3. The second kappa shape index (κ2) is 8.65. The molecule has 29 heavy (non-hydrogen) atoms. The Balaban J connectivity index is 1.90. The van der Waals surface area contributed by atoms with Gasteiger partial charge < -0.3 is 19.9 Å². The topological polar surface area (TPSA) is 79.0 Å². The first-order chi connectivity index (χ1) is 13.8. The summed E-state index contributed by atoms with van der Waals surface area (Å²) in [6, 6.07) is 7.23. The van der Waals surface area contributed by atoms with Gasteiger partial charge in [-0.3, -0.25) is 9.59 Å². The smallest absolute Gasteiger partial charge is 0.341 e. The number of fused-ring (bicyclic) bond motifs is 1. The summed E-state index contributed by atoms with van der Waals surface area (Å²) in [5, 5.41) is 3.35. The van der Waals surface area contributed by atoms with E-state index in [1.165, 1.54) is 18.3 Å². The number of nitrogens with zero attached hydrogens (tertiary/aromatic N) is 2. The molecular weight excluding hydrogens is 390 g/mol. The van der Waals surface area contributed by atoms with Crippen molar-refractivity contribution in [2.75, 3.05) is 37.5 Å². The van der Waals surface area contributed by atoms with E-state index in [9.17, 15) is 14.4 Å². The van der Waals surface area contributed by atoms with Crippen molar-refractivity contribution in [2.24, 2.45) is 0 Å². The van der Waals surface area contributed by atoms with E-state index in [2.05, 4.69) is 5.32 Å². The van der Waals surface area contributed by atoms with Crippen molar-refractivity contribution in [3.05, 3.63) is 45.8 Å². The zero-order chi connectivity index (χ0) is 21.1. The van der Waals surface area contributed by atoms with E-state index < -0.39 is 5.97 Å². The number of rotatable bonds is 5. The molecule has 1 aliphatic heterocycles. The third-order valence-electron chi connectivity index (χ3n) is 4.85. The molecule has 0 bridgehead atoms. The molecule has 8 heteroatoms. The average Bonchev–Trinajstić information content (AvgIpc) is 3.05. The lowest BCUT2D eigenvalue weighted by atomic mass is 10.0. The first kappa shape index (κ1) is 20.9. The van der Waals surface area contributed by atoms with Crippen LogP contribution in [-0.4, -0.2) is 49.9 Å². The molecule has 0 spiro atoms. The highest BCUT2D eigenvalue weighted by molar-refractivity contribution is 7.17. The molecule has 1 aromatic carbocycles. The summed E-state index contributed by atoms with van der Waals surface area (Å²) in [5.41, 5.74) is 2.77. The van der Waals surface area contributed by atoms with Crippen LogP contribution >= 0.6 is 11.3 Å². The highest BCUT2D eigenvalue weighted by atomic mass is 32.1. The second-order valence-corrected chi connectivity index (χ2v) is 8.12. The van der Waals surface area contributed by atoms with Gasteiger partial charge in [-0.1, -0.05) is 0 Å². The van der Waals surface area contributed by atoms with Crippen molar-refractivity contribution in [3.8, 4) is 0 Å². The van der Waals surface area contributed by atoms with E-state index in [0.29, 0.717) is 35.6 Å². The quantitative estimate of drug-likeness (QED) is 0.759. The van der Waals surface area contributed by atoms with Crippen LogP contribution in [0.1, 0.15) is 45.0 Å². The van der Waals surface area contributed by atoms with Crippen molar-refractivity contribution >= 4 is 39.8 Å². The predicted octanol–water partition coefficient (Wildman–Crippen LogP) is 3.15. The standard InChI is InChI=1S/C21H25N3O4S/c1-5-28-21(27)18-16-10-11-24(13(2)25)12-17(16)29-20(18)22-19(26)14-6-8-15(9-7-14)23(3)4/h6-9H,5,10-12H2,1-4H3,(H,22,26). The lowest BCUT2D eigenvalue weighted by molar-refractivity contribution is -0.129. The highest BCUT2D eigenvalue weighted by Crippen LogP contribution is 2.38. The van der Waals surface area contributed by atoms with Crippen molar-refractivity contribution in [2.45, 2.75) is 26.8 Å². The van der Waals surface area contributed by atoms with Gasteiger partial charge in [0.2, 0.25) is 5.91 Å². The van der Waals surface area contributed by atoms with Gasteiger partial charge in [0, 0.05) is 43.7 Å². The molecule has 0 saturated heterocycles. The van der Waals surface area contributed by atoms with Crippen LogP contribution in [0, 0.1) is 0 Å². The van der Waals surface area contributed by atoms with E-state index in [0.717, 1.165) is 16.1 Å². The van der Waals surface area contributed by atoms with E-state index >= 15 is 0 Å². The summed E-state index contributed by atoms with van der Waals surface area (Å²) >= 11 is 1.33. The number of carbonyl (C=O) groups is 3. The van der Waals surface area contributed by atoms with Gasteiger partial charge in [-0.05, 0) is 43.2 Å². The Morgan fingerprint density at radius 3 is 2.48 bits per heavy atom. The van der Waals surface area contributed by atoms with Gasteiger partial charge in [0.25, 0.3) is 5.91 Å². The number of thiophene rings is 1. The molecule has 0 unspecified atom stereocenters. The van der Waals surface area contributed by atoms with Gasteiger partial charge in [-0.2, -0.15) is 0 Å². The summed E-state index contributed by atoms with van der Waals surface area (Å²) in [7, 11) is 3.86. The largest absolute Gasteiger partial charge is 0.462 e. The average molecular weight is 416 g/mol. The van der Waals surface area contributed by atoms with Crippen LogP contribution in [0.2, 0.25) is 0 Å². The Morgan fingerprint density at radius 1 is 1.21 bits per heavy atom. The van der Waals surface area contributed by atoms with Crippen LogP contribution in [0.25, 0.3) is 0 Å². The number of hydrogen-bond donors (Lipinski definition) is 1. The van der Waals surface area contributed by atoms with Crippen LogP contribution in [0.4, 0.5) is 10.7 Å². The predicted molar refractivity (Wildman–Crippen MR) is 114 cm³/mol. The van der Waals surface area contributed by atoms with E-state index in [1.807, 2.05) is 31.1 Å². The highest BCUT2D eigenvalue weighted by Gasteiger charge is 2.30. The molecule has 0 fully saturated rings. The van der Waals surface area contributed by atoms with Crippen LogP contribution in [0.5, 0.6) is 0 Å². The number of esters is 1. The molecule has 1 N–H and O–H groups in total. The van der Waals surface area contributed by atoms with Crippen molar-refractivity contribution in [1.82, 2.24) is 4.90 Å². The Kier molecular flexibility index (Phi) is 6.22. The Hall–Kier alpha value is -2.87. The van der Waals surface area contributed by atoms with Crippen LogP contribution in [0.15, 0.2) is 24.3 Å². The van der Waals surface area contributed by atoms with Crippen LogP contribution in [0.3, 0.4) is 0 Å².